The van der Waals surface area contributed by atoms with Gasteiger partial charge in [0.15, 0.2) is 6.54 Å². The third-order valence-corrected chi connectivity index (χ3v) is 7.16. The SMILES string of the molecule is CCN1C(=O)/C(=C/c2sc3ccccc3[n+]2CCCS(=O)(=O)O)SC1=S. The molecule has 2 aromatic rings. The first-order chi connectivity index (χ1) is 12.3. The predicted molar refractivity (Wildman–Crippen MR) is 109 cm³/mol. The lowest BCUT2D eigenvalue weighted by Crippen LogP contribution is -2.36. The summed E-state index contributed by atoms with van der Waals surface area (Å²) < 4.78 is 34.5. The molecule has 3 rings (SSSR count). The number of hydrogen-bond donors (Lipinski definition) is 1. The summed E-state index contributed by atoms with van der Waals surface area (Å²) >= 11 is 8.05. The first kappa shape index (κ1) is 19.4. The van der Waals surface area contributed by atoms with Crippen LogP contribution in [0.2, 0.25) is 0 Å². The average molecular weight is 430 g/mol. The van der Waals surface area contributed by atoms with Crippen molar-refractivity contribution in [1.82, 2.24) is 4.90 Å². The van der Waals surface area contributed by atoms with Crippen LogP contribution >= 0.6 is 35.3 Å². The Morgan fingerprint density at radius 1 is 1.35 bits per heavy atom. The van der Waals surface area contributed by atoms with E-state index in [0.29, 0.717) is 22.3 Å². The topological polar surface area (TPSA) is 78.6 Å². The molecule has 0 spiro atoms. The molecule has 10 heteroatoms. The molecule has 1 fully saturated rings. The number of aromatic nitrogens is 1. The Balaban J connectivity index is 1.97. The van der Waals surface area contributed by atoms with Crippen LogP contribution in [0, 0.1) is 0 Å². The number of hydrogen-bond acceptors (Lipinski definition) is 6. The van der Waals surface area contributed by atoms with Crippen LogP contribution in [0.15, 0.2) is 29.2 Å². The maximum atomic E-state index is 12.5. The largest absolute Gasteiger partial charge is 0.293 e. The van der Waals surface area contributed by atoms with Gasteiger partial charge in [-0.25, -0.2) is 0 Å². The third kappa shape index (κ3) is 4.15. The fourth-order valence-electron chi connectivity index (χ4n) is 2.68. The number of fused-ring (bicyclic) bond motifs is 1. The molecule has 138 valence electrons. The molecule has 0 radical (unpaired) electrons. The summed E-state index contributed by atoms with van der Waals surface area (Å²) in [5.74, 6) is -0.411. The van der Waals surface area contributed by atoms with E-state index in [0.717, 1.165) is 15.2 Å². The summed E-state index contributed by atoms with van der Waals surface area (Å²) in [5, 5.41) is 0.846. The van der Waals surface area contributed by atoms with Crippen molar-refractivity contribution < 1.29 is 22.3 Å². The van der Waals surface area contributed by atoms with Crippen LogP contribution in [0.4, 0.5) is 0 Å². The van der Waals surface area contributed by atoms with Crippen LogP contribution in [0.25, 0.3) is 16.3 Å². The highest BCUT2D eigenvalue weighted by Crippen LogP contribution is 2.33. The summed E-state index contributed by atoms with van der Waals surface area (Å²) in [6.45, 7) is 2.83. The van der Waals surface area contributed by atoms with E-state index < -0.39 is 10.1 Å². The number of rotatable bonds is 6. The van der Waals surface area contributed by atoms with E-state index in [-0.39, 0.29) is 18.1 Å². The normalized spacial score (nSPS) is 17.0. The number of carbonyl (C=O) groups excluding carboxylic acids is 1. The van der Waals surface area contributed by atoms with Crippen LogP contribution in [0.1, 0.15) is 18.4 Å². The summed E-state index contributed by atoms with van der Waals surface area (Å²) in [5.41, 5.74) is 0.963. The molecule has 0 aliphatic carbocycles. The predicted octanol–water partition coefficient (Wildman–Crippen LogP) is 2.69. The molecule has 1 aliphatic heterocycles. The first-order valence-electron chi connectivity index (χ1n) is 7.92. The number of thiocarbonyl (C=S) groups is 1. The molecule has 0 saturated carbocycles. The van der Waals surface area contributed by atoms with Gasteiger partial charge in [0, 0.05) is 25.1 Å². The first-order valence-corrected chi connectivity index (χ1v) is 11.6. The lowest BCUT2D eigenvalue weighted by molar-refractivity contribution is -0.668. The van der Waals surface area contributed by atoms with Crippen LogP contribution in [-0.2, 0) is 21.5 Å². The van der Waals surface area contributed by atoms with Crippen molar-refractivity contribution in [2.75, 3.05) is 12.3 Å². The van der Waals surface area contributed by atoms with E-state index in [9.17, 15) is 13.2 Å². The highest BCUT2D eigenvalue weighted by Gasteiger charge is 2.32. The fraction of sp³-hybridized carbons (Fsp3) is 0.312. The molecule has 6 nitrogen and oxygen atoms in total. The second-order valence-electron chi connectivity index (χ2n) is 5.63. The zero-order valence-corrected chi connectivity index (χ0v) is 17.2. The van der Waals surface area contributed by atoms with Crippen LogP contribution in [0.3, 0.4) is 0 Å². The van der Waals surface area contributed by atoms with Gasteiger partial charge < -0.3 is 0 Å². The second-order valence-corrected chi connectivity index (χ2v) is 9.94. The average Bonchev–Trinajstić information content (AvgIpc) is 3.04. The van der Waals surface area contributed by atoms with Gasteiger partial charge in [0.05, 0.1) is 10.7 Å². The standard InChI is InChI=1S/C16H16N2O4S4/c1-2-17-15(19)13(25-16(17)23)10-14-18(8-5-9-26(20,21)22)11-6-3-4-7-12(11)24-14/h3-4,6-7,10H,2,5,8-9H2,1H3/p+1/b13-10-. The van der Waals surface area contributed by atoms with E-state index in [1.165, 1.54) is 23.1 Å². The molecule has 0 unspecified atom stereocenters. The zero-order valence-electron chi connectivity index (χ0n) is 13.9. The van der Waals surface area contributed by atoms with Crippen LogP contribution in [0.5, 0.6) is 0 Å². The van der Waals surface area contributed by atoms with Crippen molar-refractivity contribution in [1.29, 1.82) is 0 Å². The quantitative estimate of drug-likeness (QED) is 0.329. The molecule has 1 saturated heterocycles. The highest BCUT2D eigenvalue weighted by molar-refractivity contribution is 8.26. The number of nitrogens with zero attached hydrogens (tertiary/aromatic N) is 2. The summed E-state index contributed by atoms with van der Waals surface area (Å²) in [7, 11) is -4.00. The number of aryl methyl sites for hydroxylation is 1. The molecule has 1 N–H and O–H groups in total. The number of thiazole rings is 1. The van der Waals surface area contributed by atoms with Gasteiger partial charge in [-0.3, -0.25) is 14.2 Å². The van der Waals surface area contributed by atoms with Crippen LogP contribution < -0.4 is 4.57 Å². The highest BCUT2D eigenvalue weighted by atomic mass is 32.2. The molecule has 1 amide bonds. The smallest absolute Gasteiger partial charge is 0.266 e. The molecule has 1 aliphatic rings. The Morgan fingerprint density at radius 2 is 2.08 bits per heavy atom. The van der Waals surface area contributed by atoms with Gasteiger partial charge in [0.2, 0.25) is 5.52 Å². The maximum absolute atomic E-state index is 12.5. The molecule has 0 bridgehead atoms. The minimum atomic E-state index is -4.00. The number of thioether (sulfide) groups is 1. The van der Waals surface area contributed by atoms with E-state index >= 15 is 0 Å². The molecule has 1 aromatic heterocycles. The van der Waals surface area contributed by atoms with Gasteiger partial charge in [-0.2, -0.15) is 13.0 Å². The van der Waals surface area contributed by atoms with Gasteiger partial charge in [-0.1, -0.05) is 47.4 Å². The Bertz CT molecular complexity index is 1010. The molecule has 0 atom stereocenters. The van der Waals surface area contributed by atoms with E-state index in [1.807, 2.05) is 41.8 Å². The van der Waals surface area contributed by atoms with Crippen molar-refractivity contribution >= 4 is 72.0 Å². The maximum Gasteiger partial charge on any atom is 0.266 e. The Morgan fingerprint density at radius 3 is 2.73 bits per heavy atom. The van der Waals surface area contributed by atoms with Crippen molar-refractivity contribution in [3.05, 3.63) is 34.2 Å². The van der Waals surface area contributed by atoms with Gasteiger partial charge >= 0.3 is 0 Å². The minimum Gasteiger partial charge on any atom is -0.293 e. The Kier molecular flexibility index (Phi) is 5.78. The van der Waals surface area contributed by atoms with Crippen LogP contribution in [-0.4, -0.2) is 40.4 Å². The number of amides is 1. The molecule has 2 heterocycles. The molecular formula is C16H17N2O4S4+. The van der Waals surface area contributed by atoms with Gasteiger partial charge in [0.25, 0.3) is 21.0 Å². The molecule has 1 aromatic carbocycles. The molecular weight excluding hydrogens is 412 g/mol. The number of para-hydroxylation sites is 1. The zero-order chi connectivity index (χ0) is 18.9. The van der Waals surface area contributed by atoms with Crippen molar-refractivity contribution in [2.45, 2.75) is 19.9 Å². The van der Waals surface area contributed by atoms with Gasteiger partial charge in [0.1, 0.15) is 9.02 Å². The fourth-order valence-corrected chi connectivity index (χ4v) is 5.74. The monoisotopic (exact) mass is 429 g/mol. The Hall–Kier alpha value is -1.33. The molecule has 26 heavy (non-hydrogen) atoms. The minimum absolute atomic E-state index is 0.107. The number of benzene rings is 1. The van der Waals surface area contributed by atoms with Gasteiger partial charge in [-0.15, -0.1) is 0 Å². The summed E-state index contributed by atoms with van der Waals surface area (Å²) in [6, 6.07) is 7.78. The number of likely N-dealkylation sites (N-methyl/N-ethyl adjacent to an activating group) is 1. The Labute approximate surface area is 165 Å². The lowest BCUT2D eigenvalue weighted by atomic mass is 10.3. The van der Waals surface area contributed by atoms with E-state index in [4.69, 9.17) is 16.8 Å². The lowest BCUT2D eigenvalue weighted by Gasteiger charge is -2.09. The third-order valence-electron chi connectivity index (χ3n) is 3.87. The van der Waals surface area contributed by atoms with E-state index in [1.54, 1.807) is 4.90 Å². The van der Waals surface area contributed by atoms with Crippen molar-refractivity contribution in [2.24, 2.45) is 0 Å². The second kappa shape index (κ2) is 7.73. The number of carbonyl (C=O) groups is 1. The van der Waals surface area contributed by atoms with Crippen molar-refractivity contribution in [3.63, 3.8) is 0 Å². The summed E-state index contributed by atoms with van der Waals surface area (Å²) in [6.07, 6.45) is 2.09. The summed E-state index contributed by atoms with van der Waals surface area (Å²) in [4.78, 5) is 14.6. The van der Waals surface area contributed by atoms with Crippen molar-refractivity contribution in [3.8, 4) is 0 Å². The van der Waals surface area contributed by atoms with E-state index in [2.05, 4.69) is 0 Å². The van der Waals surface area contributed by atoms with Gasteiger partial charge in [-0.05, 0) is 13.0 Å².